The van der Waals surface area contributed by atoms with Crippen LogP contribution in [0.1, 0.15) is 43.4 Å². The largest absolute Gasteiger partial charge is 0.368 e. The van der Waals surface area contributed by atoms with E-state index in [0.29, 0.717) is 5.54 Å². The summed E-state index contributed by atoms with van der Waals surface area (Å²) < 4.78 is 0. The molecule has 2 aliphatic carbocycles. The van der Waals surface area contributed by atoms with E-state index in [4.69, 9.17) is 0 Å². The van der Waals surface area contributed by atoms with Gasteiger partial charge in [-0.2, -0.15) is 0 Å². The van der Waals surface area contributed by atoms with Crippen LogP contribution in [0.4, 0.5) is 5.82 Å². The van der Waals surface area contributed by atoms with Crippen LogP contribution in [0.25, 0.3) is 0 Å². The molecule has 0 aromatic carbocycles. The Morgan fingerprint density at radius 2 is 1.95 bits per heavy atom. The third-order valence-electron chi connectivity index (χ3n) is 4.94. The normalized spacial score (nSPS) is 20.8. The van der Waals surface area contributed by atoms with Crippen LogP contribution in [0.5, 0.6) is 0 Å². The Balaban J connectivity index is 1.73. The fourth-order valence-electron chi connectivity index (χ4n) is 3.29. The number of nitrogens with one attached hydrogen (secondary N) is 1. The van der Waals surface area contributed by atoms with Crippen LogP contribution >= 0.6 is 0 Å². The number of hydrogen-bond donors (Lipinski definition) is 1. The molecule has 0 radical (unpaired) electrons. The van der Waals surface area contributed by atoms with Crippen molar-refractivity contribution in [2.24, 2.45) is 0 Å². The average Bonchev–Trinajstić information content (AvgIpc) is 2.37. The Kier molecular flexibility index (Phi) is 3.44. The molecule has 3 rings (SSSR count). The van der Waals surface area contributed by atoms with Gasteiger partial charge in [0.15, 0.2) is 0 Å². The van der Waals surface area contributed by atoms with Crippen molar-refractivity contribution in [2.45, 2.75) is 50.5 Å². The Labute approximate surface area is 115 Å². The van der Waals surface area contributed by atoms with Crippen molar-refractivity contribution >= 4 is 5.82 Å². The fourth-order valence-corrected chi connectivity index (χ4v) is 3.29. The van der Waals surface area contributed by atoms with Gasteiger partial charge in [-0.05, 0) is 59.0 Å². The summed E-state index contributed by atoms with van der Waals surface area (Å²) in [4.78, 5) is 11.3. The Hall–Kier alpha value is -1.16. The topological polar surface area (TPSA) is 41.0 Å². The van der Waals surface area contributed by atoms with Crippen molar-refractivity contribution in [1.29, 1.82) is 0 Å². The van der Waals surface area contributed by atoms with Gasteiger partial charge in [0.2, 0.25) is 0 Å². The van der Waals surface area contributed by atoms with Gasteiger partial charge < -0.3 is 10.2 Å². The molecule has 1 fully saturated rings. The number of likely N-dealkylation sites (N-methyl/N-ethyl adjacent to an activating group) is 1. The van der Waals surface area contributed by atoms with E-state index >= 15 is 0 Å². The van der Waals surface area contributed by atoms with Crippen molar-refractivity contribution in [2.75, 3.05) is 26.0 Å². The molecule has 1 aromatic rings. The summed E-state index contributed by atoms with van der Waals surface area (Å²) >= 11 is 0. The van der Waals surface area contributed by atoms with Crippen molar-refractivity contribution in [3.63, 3.8) is 0 Å². The lowest BCUT2D eigenvalue weighted by atomic mass is 9.75. The van der Waals surface area contributed by atoms with Crippen LogP contribution < -0.4 is 5.32 Å². The Morgan fingerprint density at radius 3 is 2.63 bits per heavy atom. The maximum Gasteiger partial charge on any atom is 0.132 e. The average molecular weight is 260 g/mol. The van der Waals surface area contributed by atoms with Gasteiger partial charge in [0.25, 0.3) is 0 Å². The Bertz CT molecular complexity index is 451. The monoisotopic (exact) mass is 260 g/mol. The lowest BCUT2D eigenvalue weighted by molar-refractivity contribution is 0.0738. The highest BCUT2D eigenvalue weighted by molar-refractivity contribution is 5.47. The van der Waals surface area contributed by atoms with Crippen LogP contribution in [0, 0.1) is 0 Å². The zero-order chi connectivity index (χ0) is 13.3. The lowest BCUT2D eigenvalue weighted by Gasteiger charge is -2.47. The highest BCUT2D eigenvalue weighted by Gasteiger charge is 2.39. The molecule has 1 N–H and O–H groups in total. The predicted molar refractivity (Wildman–Crippen MR) is 77.4 cm³/mol. The minimum absolute atomic E-state index is 0.340. The zero-order valence-electron chi connectivity index (χ0n) is 12.1. The summed E-state index contributed by atoms with van der Waals surface area (Å²) in [6.45, 7) is 1.00. The van der Waals surface area contributed by atoms with E-state index in [1.54, 1.807) is 6.33 Å². The summed E-state index contributed by atoms with van der Waals surface area (Å²) in [6, 6.07) is 0. The molecule has 19 heavy (non-hydrogen) atoms. The molecule has 2 aliphatic rings. The minimum Gasteiger partial charge on any atom is -0.368 e. The van der Waals surface area contributed by atoms with E-state index in [1.807, 2.05) is 0 Å². The van der Waals surface area contributed by atoms with Gasteiger partial charge in [-0.1, -0.05) is 0 Å². The second-order valence-electron chi connectivity index (χ2n) is 6.18. The molecule has 0 amide bonds. The number of aromatic nitrogens is 2. The zero-order valence-corrected chi connectivity index (χ0v) is 12.1. The van der Waals surface area contributed by atoms with Crippen molar-refractivity contribution in [3.8, 4) is 0 Å². The lowest BCUT2D eigenvalue weighted by Crippen LogP contribution is -2.54. The molecule has 4 nitrogen and oxygen atoms in total. The number of aryl methyl sites for hydroxylation is 1. The maximum absolute atomic E-state index is 4.47. The van der Waals surface area contributed by atoms with Crippen LogP contribution in [0.2, 0.25) is 0 Å². The molecule has 0 bridgehead atoms. The van der Waals surface area contributed by atoms with Crippen LogP contribution in [-0.2, 0) is 12.8 Å². The molecule has 104 valence electrons. The van der Waals surface area contributed by atoms with E-state index < -0.39 is 0 Å². The highest BCUT2D eigenvalue weighted by Crippen LogP contribution is 2.36. The second-order valence-corrected chi connectivity index (χ2v) is 6.18. The van der Waals surface area contributed by atoms with Gasteiger partial charge in [-0.25, -0.2) is 9.97 Å². The number of fused-ring (bicyclic) bond motifs is 1. The third-order valence-corrected chi connectivity index (χ3v) is 4.94. The summed E-state index contributed by atoms with van der Waals surface area (Å²) in [5.41, 5.74) is 2.96. The summed E-state index contributed by atoms with van der Waals surface area (Å²) in [5, 5.41) is 3.60. The van der Waals surface area contributed by atoms with Gasteiger partial charge >= 0.3 is 0 Å². The molecular weight excluding hydrogens is 236 g/mol. The van der Waals surface area contributed by atoms with Gasteiger partial charge in [0, 0.05) is 23.3 Å². The van der Waals surface area contributed by atoms with Gasteiger partial charge in [0.1, 0.15) is 12.1 Å². The SMILES string of the molecule is CN(C)C1(CNc2ncnc3c2CCCC3)CCC1. The van der Waals surface area contributed by atoms with Crippen LogP contribution in [0.3, 0.4) is 0 Å². The Morgan fingerprint density at radius 1 is 1.16 bits per heavy atom. The first-order valence-corrected chi connectivity index (χ1v) is 7.45. The smallest absolute Gasteiger partial charge is 0.132 e. The fraction of sp³-hybridized carbons (Fsp3) is 0.733. The van der Waals surface area contributed by atoms with Crippen molar-refractivity contribution in [1.82, 2.24) is 14.9 Å². The van der Waals surface area contributed by atoms with E-state index in [9.17, 15) is 0 Å². The first-order valence-electron chi connectivity index (χ1n) is 7.45. The van der Waals surface area contributed by atoms with E-state index in [0.717, 1.165) is 25.2 Å². The molecule has 0 aliphatic heterocycles. The van der Waals surface area contributed by atoms with Crippen LogP contribution in [0.15, 0.2) is 6.33 Å². The summed E-state index contributed by atoms with van der Waals surface area (Å²) in [6.07, 6.45) is 10.4. The number of anilines is 1. The van der Waals surface area contributed by atoms with E-state index in [2.05, 4.69) is 34.3 Å². The maximum atomic E-state index is 4.47. The predicted octanol–water partition coefficient (Wildman–Crippen LogP) is 2.25. The van der Waals surface area contributed by atoms with Crippen molar-refractivity contribution < 1.29 is 0 Å². The van der Waals surface area contributed by atoms with Crippen molar-refractivity contribution in [3.05, 3.63) is 17.6 Å². The third kappa shape index (κ3) is 2.34. The first-order chi connectivity index (χ1) is 9.21. The quantitative estimate of drug-likeness (QED) is 0.901. The van der Waals surface area contributed by atoms with E-state index in [1.165, 1.54) is 43.4 Å². The molecule has 4 heteroatoms. The number of rotatable bonds is 4. The molecule has 1 saturated carbocycles. The second kappa shape index (κ2) is 5.08. The molecule has 0 saturated heterocycles. The highest BCUT2D eigenvalue weighted by atomic mass is 15.2. The molecule has 0 unspecified atom stereocenters. The number of nitrogens with zero attached hydrogens (tertiary/aromatic N) is 3. The van der Waals surface area contributed by atoms with Crippen LogP contribution in [-0.4, -0.2) is 41.0 Å². The molecule has 0 atom stereocenters. The molecule has 1 aromatic heterocycles. The standard InChI is InChI=1S/C15H24N4/c1-19(2)15(8-5-9-15)10-16-14-12-6-3-4-7-13(12)17-11-18-14/h11H,3-10H2,1-2H3,(H,16,17,18). The molecule has 0 spiro atoms. The summed E-state index contributed by atoms with van der Waals surface area (Å²) in [5.74, 6) is 1.08. The van der Waals surface area contributed by atoms with E-state index in [-0.39, 0.29) is 0 Å². The van der Waals surface area contributed by atoms with Gasteiger partial charge in [0.05, 0.1) is 0 Å². The minimum atomic E-state index is 0.340. The number of hydrogen-bond acceptors (Lipinski definition) is 4. The molecular formula is C15H24N4. The summed E-state index contributed by atoms with van der Waals surface area (Å²) in [7, 11) is 4.38. The molecule has 1 heterocycles. The van der Waals surface area contributed by atoms with Gasteiger partial charge in [-0.15, -0.1) is 0 Å². The first kappa shape index (κ1) is 12.9. The van der Waals surface area contributed by atoms with Gasteiger partial charge in [-0.3, -0.25) is 0 Å².